The van der Waals surface area contributed by atoms with Gasteiger partial charge in [-0.25, -0.2) is 4.98 Å². The fourth-order valence-electron chi connectivity index (χ4n) is 1.60. The zero-order valence-electron chi connectivity index (χ0n) is 8.23. The van der Waals surface area contributed by atoms with Gasteiger partial charge in [-0.3, -0.25) is 4.79 Å². The molecule has 80 valence electrons. The fraction of sp³-hybridized carbons (Fsp3) is 0.400. The molecule has 1 aromatic heterocycles. The van der Waals surface area contributed by atoms with Gasteiger partial charge in [-0.15, -0.1) is 0 Å². The van der Waals surface area contributed by atoms with E-state index in [4.69, 9.17) is 0 Å². The number of nitrogens with one attached hydrogen (secondary N) is 2. The molecular weight excluding hydrogens is 194 g/mol. The Kier molecular flexibility index (Phi) is 2.82. The van der Waals surface area contributed by atoms with Crippen molar-refractivity contribution >= 4 is 5.91 Å². The summed E-state index contributed by atoms with van der Waals surface area (Å²) in [5, 5.41) is 15.4. The molecular formula is C10H13N3O2. The third-order valence-electron chi connectivity index (χ3n) is 2.40. The maximum atomic E-state index is 11.7. The average molecular weight is 207 g/mol. The van der Waals surface area contributed by atoms with Gasteiger partial charge in [-0.2, -0.15) is 0 Å². The molecule has 1 fully saturated rings. The number of carbonyl (C=O) groups excluding carboxylic acids is 1. The zero-order chi connectivity index (χ0) is 10.7. The van der Waals surface area contributed by atoms with Gasteiger partial charge in [-0.1, -0.05) is 0 Å². The van der Waals surface area contributed by atoms with Gasteiger partial charge in [0.05, 0.1) is 0 Å². The first-order chi connectivity index (χ1) is 7.27. The van der Waals surface area contributed by atoms with Crippen LogP contribution in [0.25, 0.3) is 0 Å². The highest BCUT2D eigenvalue weighted by molar-refractivity contribution is 5.94. The standard InChI is InChI=1S/C10H13N3O2/c14-8-2-1-4-12-9(8)10(15)13-7-3-5-11-6-7/h1-2,4,7,11,14H,3,5-6H2,(H,13,15). The van der Waals surface area contributed by atoms with Crippen LogP contribution in [0.1, 0.15) is 16.9 Å². The van der Waals surface area contributed by atoms with E-state index in [1.165, 1.54) is 12.3 Å². The topological polar surface area (TPSA) is 74.2 Å². The van der Waals surface area contributed by atoms with Crippen molar-refractivity contribution < 1.29 is 9.90 Å². The van der Waals surface area contributed by atoms with Crippen molar-refractivity contribution in [3.8, 4) is 5.75 Å². The highest BCUT2D eigenvalue weighted by Crippen LogP contribution is 2.12. The number of amides is 1. The molecule has 0 aliphatic carbocycles. The second-order valence-corrected chi connectivity index (χ2v) is 3.53. The minimum absolute atomic E-state index is 0.0824. The number of rotatable bonds is 2. The average Bonchev–Trinajstić information content (AvgIpc) is 2.71. The molecule has 0 radical (unpaired) electrons. The summed E-state index contributed by atoms with van der Waals surface area (Å²) in [5.74, 6) is -0.400. The lowest BCUT2D eigenvalue weighted by molar-refractivity contribution is 0.0932. The molecule has 5 nitrogen and oxygen atoms in total. The maximum Gasteiger partial charge on any atom is 0.273 e. The van der Waals surface area contributed by atoms with Crippen LogP contribution in [0.5, 0.6) is 5.75 Å². The van der Waals surface area contributed by atoms with Gasteiger partial charge < -0.3 is 15.7 Å². The quantitative estimate of drug-likeness (QED) is 0.632. The molecule has 2 heterocycles. The maximum absolute atomic E-state index is 11.7. The summed E-state index contributed by atoms with van der Waals surface area (Å²) in [6.07, 6.45) is 2.40. The van der Waals surface area contributed by atoms with Gasteiger partial charge in [0.25, 0.3) is 5.91 Å². The Balaban J connectivity index is 2.04. The Labute approximate surface area is 87.5 Å². The van der Waals surface area contributed by atoms with Crippen molar-refractivity contribution in [2.45, 2.75) is 12.5 Å². The first-order valence-electron chi connectivity index (χ1n) is 4.93. The van der Waals surface area contributed by atoms with Gasteiger partial charge in [0.2, 0.25) is 0 Å². The molecule has 3 N–H and O–H groups in total. The third kappa shape index (κ3) is 2.24. The van der Waals surface area contributed by atoms with Crippen LogP contribution in [0.15, 0.2) is 18.3 Å². The predicted octanol–water partition coefficient (Wildman–Crippen LogP) is -0.121. The summed E-state index contributed by atoms with van der Waals surface area (Å²) in [4.78, 5) is 15.5. The summed E-state index contributed by atoms with van der Waals surface area (Å²) >= 11 is 0. The predicted molar refractivity (Wildman–Crippen MR) is 54.6 cm³/mol. The van der Waals surface area contributed by atoms with E-state index >= 15 is 0 Å². The van der Waals surface area contributed by atoms with E-state index in [1.807, 2.05) is 0 Å². The third-order valence-corrected chi connectivity index (χ3v) is 2.40. The van der Waals surface area contributed by atoms with Crippen LogP contribution >= 0.6 is 0 Å². The molecule has 1 aliphatic heterocycles. The lowest BCUT2D eigenvalue weighted by atomic mass is 10.2. The number of pyridine rings is 1. The first-order valence-corrected chi connectivity index (χ1v) is 4.93. The van der Waals surface area contributed by atoms with Crippen molar-refractivity contribution in [3.05, 3.63) is 24.0 Å². The van der Waals surface area contributed by atoms with Crippen LogP contribution in [0, 0.1) is 0 Å². The van der Waals surface area contributed by atoms with E-state index < -0.39 is 0 Å². The Bertz CT molecular complexity index is 361. The molecule has 1 unspecified atom stereocenters. The Morgan fingerprint density at radius 3 is 3.20 bits per heavy atom. The molecule has 1 atom stereocenters. The lowest BCUT2D eigenvalue weighted by Crippen LogP contribution is -2.36. The molecule has 5 heteroatoms. The monoisotopic (exact) mass is 207 g/mol. The molecule has 0 saturated carbocycles. The molecule has 1 saturated heterocycles. The highest BCUT2D eigenvalue weighted by Gasteiger charge is 2.19. The van der Waals surface area contributed by atoms with Crippen LogP contribution in [0.3, 0.4) is 0 Å². The van der Waals surface area contributed by atoms with Crippen LogP contribution < -0.4 is 10.6 Å². The number of nitrogens with zero attached hydrogens (tertiary/aromatic N) is 1. The minimum atomic E-state index is -0.318. The van der Waals surface area contributed by atoms with Crippen molar-refractivity contribution in [1.29, 1.82) is 0 Å². The second kappa shape index (κ2) is 4.27. The smallest absolute Gasteiger partial charge is 0.273 e. The molecule has 0 bridgehead atoms. The summed E-state index contributed by atoms with van der Waals surface area (Å²) in [5.41, 5.74) is 0.0874. The molecule has 2 rings (SSSR count). The fourth-order valence-corrected chi connectivity index (χ4v) is 1.60. The van der Waals surface area contributed by atoms with E-state index in [9.17, 15) is 9.90 Å². The Morgan fingerprint density at radius 1 is 1.67 bits per heavy atom. The van der Waals surface area contributed by atoms with E-state index in [0.717, 1.165) is 19.5 Å². The highest BCUT2D eigenvalue weighted by atomic mass is 16.3. The lowest BCUT2D eigenvalue weighted by Gasteiger charge is -2.10. The van der Waals surface area contributed by atoms with Crippen LogP contribution in [0.4, 0.5) is 0 Å². The van der Waals surface area contributed by atoms with Gasteiger partial charge in [0, 0.05) is 18.8 Å². The largest absolute Gasteiger partial charge is 0.505 e. The van der Waals surface area contributed by atoms with Crippen LogP contribution in [0.2, 0.25) is 0 Å². The van der Waals surface area contributed by atoms with E-state index in [1.54, 1.807) is 6.07 Å². The molecule has 1 aromatic rings. The van der Waals surface area contributed by atoms with Gasteiger partial charge in [0.15, 0.2) is 5.69 Å². The van der Waals surface area contributed by atoms with Crippen molar-refractivity contribution in [2.75, 3.05) is 13.1 Å². The second-order valence-electron chi connectivity index (χ2n) is 3.53. The summed E-state index contributed by atoms with van der Waals surface area (Å²) in [6.45, 7) is 1.69. The van der Waals surface area contributed by atoms with Crippen molar-refractivity contribution in [2.24, 2.45) is 0 Å². The van der Waals surface area contributed by atoms with Crippen LogP contribution in [-0.4, -0.2) is 35.1 Å². The Hall–Kier alpha value is -1.62. The van der Waals surface area contributed by atoms with Gasteiger partial charge >= 0.3 is 0 Å². The number of aromatic hydroxyl groups is 1. The van der Waals surface area contributed by atoms with E-state index in [-0.39, 0.29) is 23.4 Å². The zero-order valence-corrected chi connectivity index (χ0v) is 8.23. The first kappa shape index (κ1) is 9.92. The van der Waals surface area contributed by atoms with Crippen molar-refractivity contribution in [3.63, 3.8) is 0 Å². The van der Waals surface area contributed by atoms with Gasteiger partial charge in [0.1, 0.15) is 5.75 Å². The summed E-state index contributed by atoms with van der Waals surface area (Å²) in [6, 6.07) is 3.18. The normalized spacial score (nSPS) is 20.1. The molecule has 1 amide bonds. The number of carbonyl (C=O) groups is 1. The SMILES string of the molecule is O=C(NC1CCNC1)c1ncccc1O. The number of aromatic nitrogens is 1. The molecule has 1 aliphatic rings. The summed E-state index contributed by atoms with van der Waals surface area (Å²) < 4.78 is 0. The number of hydrogen-bond acceptors (Lipinski definition) is 4. The molecule has 15 heavy (non-hydrogen) atoms. The molecule has 0 aromatic carbocycles. The van der Waals surface area contributed by atoms with E-state index in [0.29, 0.717) is 0 Å². The van der Waals surface area contributed by atoms with Crippen LogP contribution in [-0.2, 0) is 0 Å². The van der Waals surface area contributed by atoms with E-state index in [2.05, 4.69) is 15.6 Å². The summed E-state index contributed by atoms with van der Waals surface area (Å²) in [7, 11) is 0. The van der Waals surface area contributed by atoms with Gasteiger partial charge in [-0.05, 0) is 25.1 Å². The number of hydrogen-bond donors (Lipinski definition) is 3. The van der Waals surface area contributed by atoms with Crippen molar-refractivity contribution in [1.82, 2.24) is 15.6 Å². The molecule has 0 spiro atoms. The minimum Gasteiger partial charge on any atom is -0.505 e. The Morgan fingerprint density at radius 2 is 2.53 bits per heavy atom.